The number of nitro benzene ring substituents is 1. The van der Waals surface area contributed by atoms with Crippen LogP contribution in [0.3, 0.4) is 0 Å². The number of nitro groups is 1. The molecule has 3 aromatic rings. The SMILES string of the molecule is N#Cc1ccsc1NC(=O)Cn1c(=O)oc2cc([N+](=O)[O-])ccc21. The number of amides is 1. The number of rotatable bonds is 4. The number of nitrogens with zero attached hydrogens (tertiary/aromatic N) is 3. The van der Waals surface area contributed by atoms with E-state index in [0.717, 1.165) is 10.6 Å². The van der Waals surface area contributed by atoms with Gasteiger partial charge in [0.25, 0.3) is 5.69 Å². The molecule has 0 saturated carbocycles. The molecule has 24 heavy (non-hydrogen) atoms. The van der Waals surface area contributed by atoms with Gasteiger partial charge in [-0.1, -0.05) is 0 Å². The average Bonchev–Trinajstić information content (AvgIpc) is 3.11. The van der Waals surface area contributed by atoms with E-state index in [4.69, 9.17) is 9.68 Å². The van der Waals surface area contributed by atoms with Crippen molar-refractivity contribution in [1.29, 1.82) is 5.26 Å². The maximum Gasteiger partial charge on any atom is 0.420 e. The Bertz CT molecular complexity index is 1060. The Morgan fingerprint density at radius 3 is 2.96 bits per heavy atom. The van der Waals surface area contributed by atoms with Crippen molar-refractivity contribution >= 4 is 39.0 Å². The summed E-state index contributed by atoms with van der Waals surface area (Å²) in [6.45, 7) is -0.341. The number of carbonyl (C=O) groups is 1. The third-order valence-corrected chi connectivity index (χ3v) is 4.03. The number of hydrogen-bond acceptors (Lipinski definition) is 7. The Morgan fingerprint density at radius 1 is 1.46 bits per heavy atom. The summed E-state index contributed by atoms with van der Waals surface area (Å²) in [6, 6.07) is 7.20. The molecule has 2 heterocycles. The lowest BCUT2D eigenvalue weighted by Gasteiger charge is -2.04. The summed E-state index contributed by atoms with van der Waals surface area (Å²) in [5, 5.41) is 24.3. The maximum absolute atomic E-state index is 12.1. The van der Waals surface area contributed by atoms with Crippen molar-refractivity contribution in [1.82, 2.24) is 4.57 Å². The molecule has 0 saturated heterocycles. The van der Waals surface area contributed by atoms with Gasteiger partial charge in [-0.25, -0.2) is 4.79 Å². The van der Waals surface area contributed by atoms with Crippen LogP contribution in [-0.4, -0.2) is 15.4 Å². The Hall–Kier alpha value is -3.45. The molecule has 3 rings (SSSR count). The lowest BCUT2D eigenvalue weighted by atomic mass is 10.3. The summed E-state index contributed by atoms with van der Waals surface area (Å²) < 4.78 is 6.01. The molecule has 1 aromatic carbocycles. The Balaban J connectivity index is 1.88. The van der Waals surface area contributed by atoms with Crippen LogP contribution in [0.2, 0.25) is 0 Å². The Morgan fingerprint density at radius 2 is 2.25 bits per heavy atom. The van der Waals surface area contributed by atoms with E-state index in [0.29, 0.717) is 10.6 Å². The standard InChI is InChI=1S/C14H8N4O5S/c15-6-8-3-4-24-13(8)16-12(19)7-17-10-2-1-9(18(21)22)5-11(10)23-14(17)20/h1-5H,7H2,(H,16,19). The van der Waals surface area contributed by atoms with Crippen molar-refractivity contribution in [2.75, 3.05) is 5.32 Å². The molecule has 9 nitrogen and oxygen atoms in total. The summed E-state index contributed by atoms with van der Waals surface area (Å²) in [5.41, 5.74) is 0.404. The van der Waals surface area contributed by atoms with Crippen molar-refractivity contribution in [2.24, 2.45) is 0 Å². The van der Waals surface area contributed by atoms with Crippen molar-refractivity contribution in [3.8, 4) is 6.07 Å². The molecule has 0 radical (unpaired) electrons. The van der Waals surface area contributed by atoms with Gasteiger partial charge < -0.3 is 9.73 Å². The third kappa shape index (κ3) is 2.75. The van der Waals surface area contributed by atoms with E-state index < -0.39 is 16.6 Å². The second-order valence-corrected chi connectivity index (χ2v) is 5.60. The van der Waals surface area contributed by atoms with Gasteiger partial charge in [0, 0.05) is 6.07 Å². The van der Waals surface area contributed by atoms with Gasteiger partial charge in [-0.05, 0) is 17.5 Å². The minimum absolute atomic E-state index is 0.0239. The highest BCUT2D eigenvalue weighted by Gasteiger charge is 2.17. The first-order valence-electron chi connectivity index (χ1n) is 6.55. The molecule has 1 amide bonds. The van der Waals surface area contributed by atoms with Gasteiger partial charge in [0.2, 0.25) is 5.91 Å². The monoisotopic (exact) mass is 344 g/mol. The summed E-state index contributed by atoms with van der Waals surface area (Å²) in [4.78, 5) is 34.1. The topological polar surface area (TPSA) is 131 Å². The predicted molar refractivity (Wildman–Crippen MR) is 84.8 cm³/mol. The highest BCUT2D eigenvalue weighted by atomic mass is 32.1. The highest BCUT2D eigenvalue weighted by molar-refractivity contribution is 7.14. The second kappa shape index (κ2) is 5.98. The molecule has 0 spiro atoms. The molecule has 2 aromatic heterocycles. The van der Waals surface area contributed by atoms with Crippen LogP contribution in [-0.2, 0) is 11.3 Å². The van der Waals surface area contributed by atoms with Crippen molar-refractivity contribution < 1.29 is 14.1 Å². The van der Waals surface area contributed by atoms with E-state index in [9.17, 15) is 19.7 Å². The minimum Gasteiger partial charge on any atom is -0.407 e. The normalized spacial score (nSPS) is 10.5. The van der Waals surface area contributed by atoms with Gasteiger partial charge >= 0.3 is 5.76 Å². The molecule has 0 bridgehead atoms. The zero-order valence-electron chi connectivity index (χ0n) is 11.9. The number of thiophene rings is 1. The fourth-order valence-corrected chi connectivity index (χ4v) is 2.88. The number of aromatic nitrogens is 1. The van der Waals surface area contributed by atoms with Crippen LogP contribution in [0.5, 0.6) is 0 Å². The molecule has 0 aliphatic carbocycles. The number of fused-ring (bicyclic) bond motifs is 1. The first kappa shape index (κ1) is 15.4. The average molecular weight is 344 g/mol. The summed E-state index contributed by atoms with van der Waals surface area (Å²) in [6.07, 6.45) is 0. The summed E-state index contributed by atoms with van der Waals surface area (Å²) in [5.74, 6) is -1.32. The van der Waals surface area contributed by atoms with Gasteiger partial charge in [-0.15, -0.1) is 11.3 Å². The van der Waals surface area contributed by atoms with Gasteiger partial charge in [-0.2, -0.15) is 5.26 Å². The van der Waals surface area contributed by atoms with E-state index in [1.165, 1.54) is 23.5 Å². The fourth-order valence-electron chi connectivity index (χ4n) is 2.12. The number of hydrogen-bond donors (Lipinski definition) is 1. The quantitative estimate of drug-likeness (QED) is 0.569. The molecule has 1 N–H and O–H groups in total. The zero-order chi connectivity index (χ0) is 17.3. The van der Waals surface area contributed by atoms with E-state index in [-0.39, 0.29) is 23.3 Å². The third-order valence-electron chi connectivity index (χ3n) is 3.20. The Labute approximate surface area is 137 Å². The number of oxazole rings is 1. The second-order valence-electron chi connectivity index (χ2n) is 4.69. The highest BCUT2D eigenvalue weighted by Crippen LogP contribution is 2.23. The van der Waals surface area contributed by atoms with E-state index in [2.05, 4.69) is 5.32 Å². The van der Waals surface area contributed by atoms with E-state index >= 15 is 0 Å². The first-order chi connectivity index (χ1) is 11.5. The van der Waals surface area contributed by atoms with Gasteiger partial charge in [-0.3, -0.25) is 19.5 Å². The van der Waals surface area contributed by atoms with Crippen LogP contribution in [0.4, 0.5) is 10.7 Å². The van der Waals surface area contributed by atoms with Gasteiger partial charge in [0.05, 0.1) is 22.1 Å². The molecule has 0 unspecified atom stereocenters. The number of benzene rings is 1. The van der Waals surface area contributed by atoms with Crippen LogP contribution in [0.15, 0.2) is 38.9 Å². The number of nitrogens with one attached hydrogen (secondary N) is 1. The van der Waals surface area contributed by atoms with E-state index in [1.807, 2.05) is 6.07 Å². The fraction of sp³-hybridized carbons (Fsp3) is 0.0714. The molecular weight excluding hydrogens is 336 g/mol. The lowest BCUT2D eigenvalue weighted by molar-refractivity contribution is -0.384. The minimum atomic E-state index is -0.799. The van der Waals surface area contributed by atoms with Crippen LogP contribution in [0.1, 0.15) is 5.56 Å². The molecule has 10 heteroatoms. The number of non-ortho nitro benzene ring substituents is 1. The summed E-state index contributed by atoms with van der Waals surface area (Å²) >= 11 is 1.19. The van der Waals surface area contributed by atoms with Crippen molar-refractivity contribution in [3.63, 3.8) is 0 Å². The first-order valence-corrected chi connectivity index (χ1v) is 7.43. The molecule has 0 fully saturated rings. The van der Waals surface area contributed by atoms with Crippen LogP contribution in [0.25, 0.3) is 11.1 Å². The van der Waals surface area contributed by atoms with Crippen LogP contribution >= 0.6 is 11.3 Å². The number of anilines is 1. The molecule has 0 aliphatic heterocycles. The molecule has 120 valence electrons. The molecule has 0 atom stereocenters. The predicted octanol–water partition coefficient (Wildman–Crippen LogP) is 2.07. The zero-order valence-corrected chi connectivity index (χ0v) is 12.7. The van der Waals surface area contributed by atoms with Crippen LogP contribution in [0, 0.1) is 21.4 Å². The van der Waals surface area contributed by atoms with Crippen LogP contribution < -0.4 is 11.1 Å². The summed E-state index contributed by atoms with van der Waals surface area (Å²) in [7, 11) is 0. The van der Waals surface area contributed by atoms with Crippen molar-refractivity contribution in [3.05, 3.63) is 55.9 Å². The molecule has 0 aliphatic rings. The van der Waals surface area contributed by atoms with E-state index in [1.54, 1.807) is 11.4 Å². The Kier molecular flexibility index (Phi) is 3.85. The smallest absolute Gasteiger partial charge is 0.407 e. The lowest BCUT2D eigenvalue weighted by Crippen LogP contribution is -2.24. The van der Waals surface area contributed by atoms with Crippen molar-refractivity contribution in [2.45, 2.75) is 6.54 Å². The molecular formula is C14H8N4O5S. The van der Waals surface area contributed by atoms with Gasteiger partial charge in [0.15, 0.2) is 5.58 Å². The largest absolute Gasteiger partial charge is 0.420 e. The number of carbonyl (C=O) groups excluding carboxylic acids is 1. The van der Waals surface area contributed by atoms with Gasteiger partial charge in [0.1, 0.15) is 17.6 Å². The maximum atomic E-state index is 12.1. The number of nitriles is 1.